The maximum Gasteiger partial charge on any atom is 0.0716 e. The Morgan fingerprint density at radius 2 is 1.33 bits per heavy atom. The highest BCUT2D eigenvalue weighted by Gasteiger charge is 2.09. The van der Waals surface area contributed by atoms with E-state index in [2.05, 4.69) is 60.7 Å². The third kappa shape index (κ3) is 4.06. The minimum absolute atomic E-state index is 0.869. The van der Waals surface area contributed by atoms with E-state index in [9.17, 15) is 0 Å². The van der Waals surface area contributed by atoms with Crippen LogP contribution in [0.1, 0.15) is 12.5 Å². The summed E-state index contributed by atoms with van der Waals surface area (Å²) >= 11 is 0. The van der Waals surface area contributed by atoms with Crippen molar-refractivity contribution in [2.45, 2.75) is 6.92 Å². The molecular formula is C26H19N. The van der Waals surface area contributed by atoms with Crippen molar-refractivity contribution in [3.8, 4) is 47.1 Å². The maximum absolute atomic E-state index is 5.58. The van der Waals surface area contributed by atoms with Gasteiger partial charge in [-0.1, -0.05) is 66.6 Å². The molecule has 4 rings (SSSR count). The Hall–Kier alpha value is -3.81. The molecule has 0 saturated carbocycles. The van der Waals surface area contributed by atoms with Gasteiger partial charge in [0.2, 0.25) is 0 Å². The third-order valence-corrected chi connectivity index (χ3v) is 4.13. The van der Waals surface area contributed by atoms with E-state index in [-0.39, 0.29) is 0 Å². The Morgan fingerprint density at radius 3 is 1.93 bits per heavy atom. The van der Waals surface area contributed by atoms with Crippen molar-refractivity contribution in [1.29, 1.82) is 0 Å². The topological polar surface area (TPSA) is 12.9 Å². The van der Waals surface area contributed by atoms with Crippen LogP contribution in [0.4, 0.5) is 0 Å². The molecule has 0 atom stereocenters. The normalized spacial score (nSPS) is 9.59. The van der Waals surface area contributed by atoms with E-state index in [4.69, 9.17) is 11.4 Å². The molecule has 0 amide bonds. The van der Waals surface area contributed by atoms with Gasteiger partial charge in [0.1, 0.15) is 0 Å². The van der Waals surface area contributed by atoms with Gasteiger partial charge in [-0.05, 0) is 42.3 Å². The second-order valence-corrected chi connectivity index (χ2v) is 5.95. The lowest BCUT2D eigenvalue weighted by Gasteiger charge is -2.11. The van der Waals surface area contributed by atoms with Crippen LogP contribution in [0, 0.1) is 24.7 Å². The quantitative estimate of drug-likeness (QED) is 0.395. The van der Waals surface area contributed by atoms with Crippen LogP contribution in [0.3, 0.4) is 0 Å². The molecule has 0 saturated heterocycles. The summed E-state index contributed by atoms with van der Waals surface area (Å²) in [6.07, 6.45) is 10.2. The number of terminal acetylenes is 2. The zero-order chi connectivity index (χ0) is 19.1. The van der Waals surface area contributed by atoms with Gasteiger partial charge in [0, 0.05) is 16.5 Å². The third-order valence-electron chi connectivity index (χ3n) is 4.13. The molecule has 1 heteroatoms. The first-order valence-corrected chi connectivity index (χ1v) is 8.66. The second kappa shape index (κ2) is 8.52. The second-order valence-electron chi connectivity index (χ2n) is 5.95. The first-order valence-electron chi connectivity index (χ1n) is 8.66. The fraction of sp³-hybridized carbons (Fsp3) is 0.0385. The van der Waals surface area contributed by atoms with Crippen LogP contribution in [0.5, 0.6) is 0 Å². The van der Waals surface area contributed by atoms with E-state index in [1.54, 1.807) is 6.92 Å². The highest BCUT2D eigenvalue weighted by Crippen LogP contribution is 2.32. The average molecular weight is 345 g/mol. The van der Waals surface area contributed by atoms with Crippen molar-refractivity contribution >= 4 is 10.9 Å². The Bertz CT molecular complexity index is 1130. The van der Waals surface area contributed by atoms with Crippen molar-refractivity contribution in [3.05, 3.63) is 90.5 Å². The van der Waals surface area contributed by atoms with Crippen LogP contribution in [0.2, 0.25) is 0 Å². The van der Waals surface area contributed by atoms with Gasteiger partial charge in [-0.3, -0.25) is 0 Å². The van der Waals surface area contributed by atoms with Gasteiger partial charge in [-0.15, -0.1) is 18.8 Å². The molecule has 1 aromatic heterocycles. The van der Waals surface area contributed by atoms with Crippen LogP contribution in [-0.2, 0) is 0 Å². The molecular weight excluding hydrogens is 326 g/mol. The molecule has 0 bridgehead atoms. The van der Waals surface area contributed by atoms with Crippen LogP contribution in [0.25, 0.3) is 33.3 Å². The van der Waals surface area contributed by atoms with Gasteiger partial charge in [-0.25, -0.2) is 4.98 Å². The number of aromatic nitrogens is 1. The summed E-state index contributed by atoms with van der Waals surface area (Å²) in [6.45, 7) is 1.65. The molecule has 0 aliphatic heterocycles. The summed E-state index contributed by atoms with van der Waals surface area (Å²) in [5, 5.41) is 1.08. The molecule has 0 fully saturated rings. The van der Waals surface area contributed by atoms with Gasteiger partial charge in [0.15, 0.2) is 0 Å². The SMILES string of the molecule is C#CC.C#Cc1ccc2nc(-c3ccccc3)cc(-c3ccccc3)c2c1. The zero-order valence-electron chi connectivity index (χ0n) is 15.2. The number of hydrogen-bond donors (Lipinski definition) is 0. The first kappa shape index (κ1) is 18.0. The van der Waals surface area contributed by atoms with Crippen LogP contribution in [0.15, 0.2) is 84.9 Å². The average Bonchev–Trinajstić information content (AvgIpc) is 2.74. The standard InChI is InChI=1S/C23H15N.C3H4/c1-2-17-13-14-22-21(15-17)20(18-9-5-3-6-10-18)16-23(24-22)19-11-7-4-8-12-19;1-3-2/h1,3-16H;1H,2H3. The Balaban J connectivity index is 0.000000659. The van der Waals surface area contributed by atoms with Gasteiger partial charge >= 0.3 is 0 Å². The minimum atomic E-state index is 0.869. The molecule has 1 heterocycles. The van der Waals surface area contributed by atoms with Crippen molar-refractivity contribution in [3.63, 3.8) is 0 Å². The van der Waals surface area contributed by atoms with Crippen molar-refractivity contribution in [2.75, 3.05) is 0 Å². The highest BCUT2D eigenvalue weighted by atomic mass is 14.7. The van der Waals surface area contributed by atoms with E-state index in [1.165, 1.54) is 0 Å². The zero-order valence-corrected chi connectivity index (χ0v) is 15.2. The Kier molecular flexibility index (Phi) is 5.68. The lowest BCUT2D eigenvalue weighted by Crippen LogP contribution is -1.90. The van der Waals surface area contributed by atoms with E-state index >= 15 is 0 Å². The molecule has 4 aromatic rings. The van der Waals surface area contributed by atoms with Gasteiger partial charge in [0.25, 0.3) is 0 Å². The summed E-state index contributed by atoms with van der Waals surface area (Å²) in [5.74, 6) is 4.97. The highest BCUT2D eigenvalue weighted by molar-refractivity contribution is 5.97. The van der Waals surface area contributed by atoms with E-state index in [0.29, 0.717) is 0 Å². The Labute approximate surface area is 160 Å². The minimum Gasteiger partial charge on any atom is -0.248 e. The number of fused-ring (bicyclic) bond motifs is 1. The van der Waals surface area contributed by atoms with Crippen molar-refractivity contribution < 1.29 is 0 Å². The molecule has 1 nitrogen and oxygen atoms in total. The molecule has 27 heavy (non-hydrogen) atoms. The molecule has 0 N–H and O–H groups in total. The lowest BCUT2D eigenvalue weighted by atomic mass is 9.97. The fourth-order valence-corrected chi connectivity index (χ4v) is 2.93. The van der Waals surface area contributed by atoms with Crippen molar-refractivity contribution in [1.82, 2.24) is 4.98 Å². The largest absolute Gasteiger partial charge is 0.248 e. The van der Waals surface area contributed by atoms with Gasteiger partial charge < -0.3 is 0 Å². The molecule has 128 valence electrons. The summed E-state index contributed by atoms with van der Waals surface area (Å²) in [5.41, 5.74) is 6.21. The number of pyridine rings is 1. The van der Waals surface area contributed by atoms with E-state index in [0.717, 1.165) is 38.9 Å². The number of rotatable bonds is 2. The fourth-order valence-electron chi connectivity index (χ4n) is 2.93. The summed E-state index contributed by atoms with van der Waals surface area (Å²) in [6, 6.07) is 28.7. The van der Waals surface area contributed by atoms with E-state index < -0.39 is 0 Å². The molecule has 0 unspecified atom stereocenters. The predicted molar refractivity (Wildman–Crippen MR) is 115 cm³/mol. The van der Waals surface area contributed by atoms with Crippen LogP contribution in [-0.4, -0.2) is 4.98 Å². The predicted octanol–water partition coefficient (Wildman–Crippen LogP) is 6.19. The number of hydrogen-bond acceptors (Lipinski definition) is 1. The van der Waals surface area contributed by atoms with E-state index in [1.807, 2.05) is 42.5 Å². The molecule has 0 aliphatic rings. The maximum atomic E-state index is 5.58. The van der Waals surface area contributed by atoms with Gasteiger partial charge in [-0.2, -0.15) is 0 Å². The van der Waals surface area contributed by atoms with Gasteiger partial charge in [0.05, 0.1) is 11.2 Å². The van der Waals surface area contributed by atoms with Crippen LogP contribution >= 0.6 is 0 Å². The molecule has 0 spiro atoms. The molecule has 3 aromatic carbocycles. The molecule has 0 aliphatic carbocycles. The smallest absolute Gasteiger partial charge is 0.0716 e. The molecule has 0 radical (unpaired) electrons. The lowest BCUT2D eigenvalue weighted by molar-refractivity contribution is 1.39. The monoisotopic (exact) mass is 345 g/mol. The first-order chi connectivity index (χ1) is 13.3. The number of benzene rings is 3. The van der Waals surface area contributed by atoms with Crippen LogP contribution < -0.4 is 0 Å². The number of nitrogens with zero attached hydrogens (tertiary/aromatic N) is 1. The van der Waals surface area contributed by atoms with Crippen molar-refractivity contribution in [2.24, 2.45) is 0 Å². The summed E-state index contributed by atoms with van der Waals surface area (Å²) in [4.78, 5) is 4.84. The Morgan fingerprint density at radius 1 is 0.741 bits per heavy atom. The summed E-state index contributed by atoms with van der Waals surface area (Å²) in [7, 11) is 0. The summed E-state index contributed by atoms with van der Waals surface area (Å²) < 4.78 is 0.